The average molecular weight is 207 g/mol. The summed E-state index contributed by atoms with van der Waals surface area (Å²) >= 11 is 0. The van der Waals surface area contributed by atoms with Crippen LogP contribution in [0, 0.1) is 0 Å². The SMILES string of the molecule is CCOc1nc2c(C(=O)O)cccc2o1. The molecule has 5 nitrogen and oxygen atoms in total. The molecule has 15 heavy (non-hydrogen) atoms. The van der Waals surface area contributed by atoms with E-state index in [1.54, 1.807) is 19.1 Å². The summed E-state index contributed by atoms with van der Waals surface area (Å²) in [6, 6.07) is 4.73. The lowest BCUT2D eigenvalue weighted by Gasteiger charge is -1.92. The van der Waals surface area contributed by atoms with Crippen LogP contribution >= 0.6 is 0 Å². The van der Waals surface area contributed by atoms with E-state index in [4.69, 9.17) is 14.3 Å². The molecule has 1 N–H and O–H groups in total. The number of carboxylic acid groups (broad SMARTS) is 1. The molecule has 0 saturated heterocycles. The van der Waals surface area contributed by atoms with E-state index in [-0.39, 0.29) is 11.6 Å². The van der Waals surface area contributed by atoms with E-state index < -0.39 is 5.97 Å². The van der Waals surface area contributed by atoms with Gasteiger partial charge in [0.1, 0.15) is 5.52 Å². The predicted octanol–water partition coefficient (Wildman–Crippen LogP) is 1.92. The smallest absolute Gasteiger partial charge is 0.394 e. The number of hydrogen-bond acceptors (Lipinski definition) is 4. The number of carboxylic acids is 1. The molecule has 0 atom stereocenters. The lowest BCUT2D eigenvalue weighted by Crippen LogP contribution is -1.97. The van der Waals surface area contributed by atoms with Gasteiger partial charge in [0.05, 0.1) is 12.2 Å². The maximum Gasteiger partial charge on any atom is 0.394 e. The number of nitrogens with zero attached hydrogens (tertiary/aromatic N) is 1. The van der Waals surface area contributed by atoms with Gasteiger partial charge in [-0.1, -0.05) is 6.07 Å². The lowest BCUT2D eigenvalue weighted by atomic mass is 10.2. The Hall–Kier alpha value is -2.04. The first-order valence-electron chi connectivity index (χ1n) is 4.48. The highest BCUT2D eigenvalue weighted by Gasteiger charge is 2.14. The van der Waals surface area contributed by atoms with Crippen molar-refractivity contribution in [2.24, 2.45) is 0 Å². The summed E-state index contributed by atoms with van der Waals surface area (Å²) in [5.74, 6) is -1.03. The zero-order valence-electron chi connectivity index (χ0n) is 8.06. The number of para-hydroxylation sites is 1. The monoisotopic (exact) mass is 207 g/mol. The van der Waals surface area contributed by atoms with Gasteiger partial charge in [-0.25, -0.2) is 4.79 Å². The molecule has 1 aromatic heterocycles. The molecule has 2 rings (SSSR count). The van der Waals surface area contributed by atoms with Crippen LogP contribution in [0.4, 0.5) is 0 Å². The van der Waals surface area contributed by atoms with Crippen molar-refractivity contribution in [3.8, 4) is 6.08 Å². The summed E-state index contributed by atoms with van der Waals surface area (Å²) in [6.45, 7) is 2.22. The fourth-order valence-corrected chi connectivity index (χ4v) is 1.29. The van der Waals surface area contributed by atoms with Crippen molar-refractivity contribution < 1.29 is 19.1 Å². The highest BCUT2D eigenvalue weighted by molar-refractivity contribution is 6.00. The van der Waals surface area contributed by atoms with Crippen LogP contribution in [0.25, 0.3) is 11.1 Å². The third-order valence-corrected chi connectivity index (χ3v) is 1.90. The van der Waals surface area contributed by atoms with Gasteiger partial charge >= 0.3 is 12.0 Å². The number of ether oxygens (including phenoxy) is 1. The first-order chi connectivity index (χ1) is 7.22. The summed E-state index contributed by atoms with van der Waals surface area (Å²) < 4.78 is 10.3. The van der Waals surface area contributed by atoms with Gasteiger partial charge in [-0.3, -0.25) is 0 Å². The Bertz CT molecular complexity index is 503. The van der Waals surface area contributed by atoms with Crippen LogP contribution in [-0.2, 0) is 0 Å². The van der Waals surface area contributed by atoms with Crippen molar-refractivity contribution >= 4 is 17.1 Å². The molecular formula is C10H9NO4. The van der Waals surface area contributed by atoms with E-state index in [0.717, 1.165) is 0 Å². The molecule has 0 saturated carbocycles. The van der Waals surface area contributed by atoms with E-state index >= 15 is 0 Å². The van der Waals surface area contributed by atoms with Gasteiger partial charge in [-0.15, -0.1) is 0 Å². The second-order valence-electron chi connectivity index (χ2n) is 2.87. The molecule has 0 unspecified atom stereocenters. The Labute approximate surface area is 85.3 Å². The summed E-state index contributed by atoms with van der Waals surface area (Å²) in [5, 5.41) is 8.90. The number of oxazole rings is 1. The number of fused-ring (bicyclic) bond motifs is 1. The maximum absolute atomic E-state index is 10.9. The Morgan fingerprint density at radius 2 is 2.40 bits per heavy atom. The fourth-order valence-electron chi connectivity index (χ4n) is 1.29. The van der Waals surface area contributed by atoms with Gasteiger partial charge in [0.15, 0.2) is 5.58 Å². The molecule has 0 aliphatic heterocycles. The molecule has 78 valence electrons. The highest BCUT2D eigenvalue weighted by Crippen LogP contribution is 2.23. The molecule has 0 aliphatic rings. The Morgan fingerprint density at radius 1 is 1.60 bits per heavy atom. The second kappa shape index (κ2) is 3.61. The summed E-state index contributed by atoms with van der Waals surface area (Å²) in [6.07, 6.45) is 0.0983. The molecule has 1 heterocycles. The van der Waals surface area contributed by atoms with Gasteiger partial charge in [0, 0.05) is 0 Å². The van der Waals surface area contributed by atoms with Gasteiger partial charge in [-0.05, 0) is 19.1 Å². The van der Waals surface area contributed by atoms with Crippen LogP contribution in [0.5, 0.6) is 6.08 Å². The largest absolute Gasteiger partial charge is 0.478 e. The fraction of sp³-hybridized carbons (Fsp3) is 0.200. The zero-order valence-corrected chi connectivity index (χ0v) is 8.06. The minimum atomic E-state index is -1.03. The van der Waals surface area contributed by atoms with Gasteiger partial charge in [0.25, 0.3) is 0 Å². The Morgan fingerprint density at radius 3 is 3.07 bits per heavy atom. The van der Waals surface area contributed by atoms with Crippen molar-refractivity contribution in [3.63, 3.8) is 0 Å². The van der Waals surface area contributed by atoms with Crippen LogP contribution < -0.4 is 4.74 Å². The van der Waals surface area contributed by atoms with Crippen LogP contribution in [0.2, 0.25) is 0 Å². The van der Waals surface area contributed by atoms with Gasteiger partial charge < -0.3 is 14.3 Å². The quantitative estimate of drug-likeness (QED) is 0.832. The van der Waals surface area contributed by atoms with Gasteiger partial charge in [-0.2, -0.15) is 4.98 Å². The van der Waals surface area contributed by atoms with Crippen molar-refractivity contribution in [1.29, 1.82) is 0 Å². The van der Waals surface area contributed by atoms with Crippen molar-refractivity contribution in [1.82, 2.24) is 4.98 Å². The normalized spacial score (nSPS) is 10.5. The molecule has 1 aromatic carbocycles. The molecule has 0 spiro atoms. The van der Waals surface area contributed by atoms with Crippen molar-refractivity contribution in [3.05, 3.63) is 23.8 Å². The average Bonchev–Trinajstić information content (AvgIpc) is 2.59. The van der Waals surface area contributed by atoms with E-state index in [1.807, 2.05) is 0 Å². The summed E-state index contributed by atoms with van der Waals surface area (Å²) in [4.78, 5) is 14.8. The summed E-state index contributed by atoms with van der Waals surface area (Å²) in [7, 11) is 0. The minimum absolute atomic E-state index is 0.0983. The second-order valence-corrected chi connectivity index (χ2v) is 2.87. The molecule has 0 radical (unpaired) electrons. The Kier molecular flexibility index (Phi) is 2.29. The van der Waals surface area contributed by atoms with Gasteiger partial charge in [0.2, 0.25) is 0 Å². The number of aromatic nitrogens is 1. The Balaban J connectivity index is 2.59. The third kappa shape index (κ3) is 1.63. The number of benzene rings is 1. The summed E-state index contributed by atoms with van der Waals surface area (Å²) in [5.41, 5.74) is 0.842. The van der Waals surface area contributed by atoms with Crippen LogP contribution in [0.3, 0.4) is 0 Å². The number of carbonyl (C=O) groups is 1. The first-order valence-corrected chi connectivity index (χ1v) is 4.48. The van der Waals surface area contributed by atoms with Crippen LogP contribution in [-0.4, -0.2) is 22.7 Å². The van der Waals surface area contributed by atoms with E-state index in [2.05, 4.69) is 4.98 Å². The minimum Gasteiger partial charge on any atom is -0.478 e. The molecule has 2 aromatic rings. The maximum atomic E-state index is 10.9. The molecular weight excluding hydrogens is 198 g/mol. The van der Waals surface area contributed by atoms with E-state index in [1.165, 1.54) is 6.07 Å². The van der Waals surface area contributed by atoms with E-state index in [9.17, 15) is 4.79 Å². The van der Waals surface area contributed by atoms with Crippen LogP contribution in [0.15, 0.2) is 22.6 Å². The standard InChI is InChI=1S/C10H9NO4/c1-2-14-10-11-8-6(9(12)13)4-3-5-7(8)15-10/h3-5H,2H2,1H3,(H,12,13). The number of hydrogen-bond donors (Lipinski definition) is 1. The van der Waals surface area contributed by atoms with Crippen molar-refractivity contribution in [2.45, 2.75) is 6.92 Å². The number of rotatable bonds is 3. The molecule has 0 amide bonds. The zero-order chi connectivity index (χ0) is 10.8. The lowest BCUT2D eigenvalue weighted by molar-refractivity contribution is 0.0699. The third-order valence-electron chi connectivity index (χ3n) is 1.90. The van der Waals surface area contributed by atoms with Crippen molar-refractivity contribution in [2.75, 3.05) is 6.61 Å². The highest BCUT2D eigenvalue weighted by atomic mass is 16.6. The molecule has 0 aliphatic carbocycles. The predicted molar refractivity (Wildman–Crippen MR) is 52.1 cm³/mol. The molecule has 5 heteroatoms. The topological polar surface area (TPSA) is 72.6 Å². The molecule has 0 fully saturated rings. The van der Waals surface area contributed by atoms with E-state index in [0.29, 0.717) is 17.7 Å². The first kappa shape index (κ1) is 9.51. The molecule has 0 bridgehead atoms. The van der Waals surface area contributed by atoms with Crippen LogP contribution in [0.1, 0.15) is 17.3 Å². The number of aromatic carboxylic acids is 1.